The van der Waals surface area contributed by atoms with Gasteiger partial charge in [-0.25, -0.2) is 13.4 Å². The highest BCUT2D eigenvalue weighted by molar-refractivity contribution is 7.92. The van der Waals surface area contributed by atoms with E-state index in [1.807, 2.05) is 0 Å². The molecule has 0 atom stereocenters. The van der Waals surface area contributed by atoms with Gasteiger partial charge < -0.3 is 5.73 Å². The molecule has 7 heteroatoms. The van der Waals surface area contributed by atoms with E-state index in [0.29, 0.717) is 11.3 Å². The third kappa shape index (κ3) is 3.15. The number of nitrogens with zero attached hydrogens (tertiary/aromatic N) is 1. The molecule has 0 amide bonds. The molecule has 0 saturated heterocycles. The Morgan fingerprint density at radius 1 is 1.26 bits per heavy atom. The van der Waals surface area contributed by atoms with Crippen molar-refractivity contribution in [1.82, 2.24) is 4.98 Å². The Bertz CT molecular complexity index is 717. The van der Waals surface area contributed by atoms with Crippen LogP contribution < -0.4 is 10.5 Å². The molecular weight excluding hydrogens is 286 g/mol. The second kappa shape index (κ2) is 5.07. The summed E-state index contributed by atoms with van der Waals surface area (Å²) in [5.41, 5.74) is 6.90. The maximum atomic E-state index is 12.1. The number of sulfonamides is 1. The molecule has 0 spiro atoms. The Morgan fingerprint density at radius 3 is 2.63 bits per heavy atom. The van der Waals surface area contributed by atoms with Crippen molar-refractivity contribution in [2.75, 3.05) is 10.5 Å². The van der Waals surface area contributed by atoms with E-state index in [9.17, 15) is 8.42 Å². The highest BCUT2D eigenvalue weighted by Crippen LogP contribution is 2.19. The molecule has 0 aliphatic rings. The van der Waals surface area contributed by atoms with Crippen LogP contribution in [0.2, 0.25) is 5.15 Å². The van der Waals surface area contributed by atoms with Gasteiger partial charge in [-0.15, -0.1) is 0 Å². The van der Waals surface area contributed by atoms with E-state index in [0.717, 1.165) is 0 Å². The van der Waals surface area contributed by atoms with Crippen molar-refractivity contribution in [2.24, 2.45) is 0 Å². The van der Waals surface area contributed by atoms with E-state index in [4.69, 9.17) is 17.3 Å². The van der Waals surface area contributed by atoms with Crippen LogP contribution in [0.1, 0.15) is 5.56 Å². The number of hydrogen-bond donors (Lipinski definition) is 2. The zero-order valence-corrected chi connectivity index (χ0v) is 11.7. The average Bonchev–Trinajstić information content (AvgIpc) is 2.32. The third-order valence-electron chi connectivity index (χ3n) is 2.51. The first-order valence-electron chi connectivity index (χ1n) is 5.40. The van der Waals surface area contributed by atoms with Crippen LogP contribution in [0.25, 0.3) is 0 Å². The number of nitrogen functional groups attached to an aromatic ring is 1. The minimum Gasteiger partial charge on any atom is -0.399 e. The number of rotatable bonds is 3. The van der Waals surface area contributed by atoms with Gasteiger partial charge in [0, 0.05) is 5.69 Å². The summed E-state index contributed by atoms with van der Waals surface area (Å²) >= 11 is 5.70. The smallest absolute Gasteiger partial charge is 0.263 e. The molecule has 1 heterocycles. The molecule has 2 aromatic rings. The summed E-state index contributed by atoms with van der Waals surface area (Å²) in [6.45, 7) is 1.74. The van der Waals surface area contributed by atoms with Crippen LogP contribution in [0.15, 0.2) is 41.3 Å². The second-order valence-corrected chi connectivity index (χ2v) is 6.04. The summed E-state index contributed by atoms with van der Waals surface area (Å²) in [5.74, 6) is 0.168. The van der Waals surface area contributed by atoms with Gasteiger partial charge in [-0.3, -0.25) is 4.72 Å². The van der Waals surface area contributed by atoms with Crippen molar-refractivity contribution in [2.45, 2.75) is 11.8 Å². The molecule has 1 aromatic carbocycles. The lowest BCUT2D eigenvalue weighted by Gasteiger charge is -2.09. The SMILES string of the molecule is Cc1cc(S(=O)(=O)Nc2cccc(Cl)n2)ccc1N. The Balaban J connectivity index is 2.35. The molecule has 0 aliphatic carbocycles. The van der Waals surface area contributed by atoms with Gasteiger partial charge in [0.2, 0.25) is 0 Å². The summed E-state index contributed by atoms with van der Waals surface area (Å²) in [6.07, 6.45) is 0. The van der Waals surface area contributed by atoms with Crippen molar-refractivity contribution in [3.05, 3.63) is 47.1 Å². The lowest BCUT2D eigenvalue weighted by Crippen LogP contribution is -2.14. The minimum atomic E-state index is -3.70. The zero-order chi connectivity index (χ0) is 14.0. The first kappa shape index (κ1) is 13.6. The molecule has 0 bridgehead atoms. The van der Waals surface area contributed by atoms with Gasteiger partial charge >= 0.3 is 0 Å². The van der Waals surface area contributed by atoms with E-state index in [2.05, 4.69) is 9.71 Å². The monoisotopic (exact) mass is 297 g/mol. The predicted molar refractivity (Wildman–Crippen MR) is 75.6 cm³/mol. The maximum Gasteiger partial charge on any atom is 0.263 e. The van der Waals surface area contributed by atoms with Crippen molar-refractivity contribution in [3.8, 4) is 0 Å². The fraction of sp³-hybridized carbons (Fsp3) is 0.0833. The van der Waals surface area contributed by atoms with Crippen molar-refractivity contribution >= 4 is 33.1 Å². The summed E-state index contributed by atoms with van der Waals surface area (Å²) < 4.78 is 26.6. The van der Waals surface area contributed by atoms with E-state index in [-0.39, 0.29) is 15.9 Å². The van der Waals surface area contributed by atoms with Gasteiger partial charge in [-0.05, 0) is 42.8 Å². The fourth-order valence-corrected chi connectivity index (χ4v) is 2.73. The van der Waals surface area contributed by atoms with Crippen LogP contribution >= 0.6 is 11.6 Å². The van der Waals surface area contributed by atoms with E-state index >= 15 is 0 Å². The number of aromatic nitrogens is 1. The van der Waals surface area contributed by atoms with E-state index < -0.39 is 10.0 Å². The first-order valence-corrected chi connectivity index (χ1v) is 7.26. The summed E-state index contributed by atoms with van der Waals surface area (Å²) in [4.78, 5) is 4.00. The number of aryl methyl sites for hydroxylation is 1. The van der Waals surface area contributed by atoms with Crippen molar-refractivity contribution < 1.29 is 8.42 Å². The average molecular weight is 298 g/mol. The van der Waals surface area contributed by atoms with Crippen LogP contribution in [0.3, 0.4) is 0 Å². The molecule has 3 N–H and O–H groups in total. The van der Waals surface area contributed by atoms with Gasteiger partial charge in [-0.2, -0.15) is 0 Å². The van der Waals surface area contributed by atoms with Crippen LogP contribution in [-0.4, -0.2) is 13.4 Å². The number of halogens is 1. The molecule has 100 valence electrons. The Kier molecular flexibility index (Phi) is 3.64. The number of benzene rings is 1. The second-order valence-electron chi connectivity index (χ2n) is 3.97. The fourth-order valence-electron chi connectivity index (χ4n) is 1.48. The number of nitrogens with one attached hydrogen (secondary N) is 1. The van der Waals surface area contributed by atoms with Crippen molar-refractivity contribution in [3.63, 3.8) is 0 Å². The maximum absolute atomic E-state index is 12.1. The molecule has 0 fully saturated rings. The van der Waals surface area contributed by atoms with Crippen LogP contribution in [0.5, 0.6) is 0 Å². The normalized spacial score (nSPS) is 11.3. The standard InChI is InChI=1S/C12H12ClN3O2S/c1-8-7-9(5-6-10(8)14)19(17,18)16-12-4-2-3-11(13)15-12/h2-7H,14H2,1H3,(H,15,16). The summed E-state index contributed by atoms with van der Waals surface area (Å²) in [5, 5.41) is 0.216. The molecular formula is C12H12ClN3O2S. The molecule has 0 unspecified atom stereocenters. The van der Waals surface area contributed by atoms with Crippen LogP contribution in [0.4, 0.5) is 11.5 Å². The molecule has 1 aromatic heterocycles. The van der Waals surface area contributed by atoms with Gasteiger partial charge in [0.15, 0.2) is 0 Å². The largest absolute Gasteiger partial charge is 0.399 e. The number of hydrogen-bond acceptors (Lipinski definition) is 4. The van der Waals surface area contributed by atoms with E-state index in [1.54, 1.807) is 25.1 Å². The molecule has 0 radical (unpaired) electrons. The third-order valence-corrected chi connectivity index (χ3v) is 4.07. The number of nitrogens with two attached hydrogens (primary N) is 1. The summed E-state index contributed by atoms with van der Waals surface area (Å²) in [7, 11) is -3.70. The molecule has 0 saturated carbocycles. The van der Waals surface area contributed by atoms with Gasteiger partial charge in [0.25, 0.3) is 10.0 Å². The highest BCUT2D eigenvalue weighted by Gasteiger charge is 2.15. The number of anilines is 2. The van der Waals surface area contributed by atoms with Gasteiger partial charge in [-0.1, -0.05) is 17.7 Å². The van der Waals surface area contributed by atoms with Gasteiger partial charge in [0.1, 0.15) is 11.0 Å². The Morgan fingerprint density at radius 2 is 2.00 bits per heavy atom. The van der Waals surface area contributed by atoms with E-state index in [1.165, 1.54) is 18.2 Å². The number of pyridine rings is 1. The Hall–Kier alpha value is -1.79. The van der Waals surface area contributed by atoms with Crippen molar-refractivity contribution in [1.29, 1.82) is 0 Å². The predicted octanol–water partition coefficient (Wildman–Crippen LogP) is 2.43. The zero-order valence-electron chi connectivity index (χ0n) is 10.1. The highest BCUT2D eigenvalue weighted by atomic mass is 35.5. The minimum absolute atomic E-state index is 0.126. The molecule has 2 rings (SSSR count). The quantitative estimate of drug-likeness (QED) is 0.673. The summed E-state index contributed by atoms with van der Waals surface area (Å²) in [6, 6.07) is 9.19. The molecule has 5 nitrogen and oxygen atoms in total. The van der Waals surface area contributed by atoms with Crippen LogP contribution in [0, 0.1) is 6.92 Å². The lowest BCUT2D eigenvalue weighted by molar-refractivity contribution is 0.601. The van der Waals surface area contributed by atoms with Gasteiger partial charge in [0.05, 0.1) is 4.90 Å². The molecule has 0 aliphatic heterocycles. The first-order chi connectivity index (χ1) is 8.88. The topological polar surface area (TPSA) is 85.1 Å². The lowest BCUT2D eigenvalue weighted by atomic mass is 10.2. The van der Waals surface area contributed by atoms with Crippen LogP contribution in [-0.2, 0) is 10.0 Å². The molecule has 19 heavy (non-hydrogen) atoms. The Labute approximate surface area is 116 Å².